The molecule has 0 saturated carbocycles. The minimum absolute atomic E-state index is 0.0892. The second kappa shape index (κ2) is 8.95. The van der Waals surface area contributed by atoms with Gasteiger partial charge in [-0.25, -0.2) is 4.98 Å². The van der Waals surface area contributed by atoms with Crippen LogP contribution in [0.4, 0.5) is 5.13 Å². The summed E-state index contributed by atoms with van der Waals surface area (Å²) in [5, 5.41) is 1.27. The Labute approximate surface area is 185 Å². The Bertz CT molecular complexity index is 1130. The standard InChI is InChI=1S/C22H16BrClN2O2S/c23-16-6-11-19-20(12-16)29-22(25-19)26(13-15-4-2-1-3-5-15)21(27)14-28-18-9-7-17(24)8-10-18/h1-12H,13-14H2. The molecular formula is C22H16BrClN2O2S. The Morgan fingerprint density at radius 2 is 1.83 bits per heavy atom. The van der Waals surface area contributed by atoms with Crippen LogP contribution in [0.25, 0.3) is 10.2 Å². The van der Waals surface area contributed by atoms with E-state index in [1.807, 2.05) is 48.5 Å². The van der Waals surface area contributed by atoms with E-state index in [4.69, 9.17) is 16.3 Å². The first kappa shape index (κ1) is 19.9. The summed E-state index contributed by atoms with van der Waals surface area (Å²) in [6, 6.07) is 22.7. The zero-order valence-electron chi connectivity index (χ0n) is 15.2. The second-order valence-electron chi connectivity index (χ2n) is 6.32. The average molecular weight is 488 g/mol. The normalized spacial score (nSPS) is 10.8. The summed E-state index contributed by atoms with van der Waals surface area (Å²) in [7, 11) is 0. The average Bonchev–Trinajstić information content (AvgIpc) is 3.15. The molecule has 0 aliphatic heterocycles. The number of ether oxygens (including phenoxy) is 1. The van der Waals surface area contributed by atoms with E-state index in [0.29, 0.717) is 22.4 Å². The van der Waals surface area contributed by atoms with Crippen molar-refractivity contribution in [1.29, 1.82) is 0 Å². The molecule has 1 amide bonds. The number of nitrogens with zero attached hydrogens (tertiary/aromatic N) is 2. The van der Waals surface area contributed by atoms with Crippen LogP contribution in [0, 0.1) is 0 Å². The van der Waals surface area contributed by atoms with E-state index < -0.39 is 0 Å². The molecule has 0 spiro atoms. The van der Waals surface area contributed by atoms with Crippen LogP contribution < -0.4 is 9.64 Å². The van der Waals surface area contributed by atoms with E-state index in [-0.39, 0.29) is 12.5 Å². The number of fused-ring (bicyclic) bond motifs is 1. The highest BCUT2D eigenvalue weighted by Gasteiger charge is 2.21. The number of hydrogen-bond donors (Lipinski definition) is 0. The molecule has 0 radical (unpaired) electrons. The van der Waals surface area contributed by atoms with Crippen LogP contribution >= 0.6 is 38.9 Å². The van der Waals surface area contributed by atoms with Gasteiger partial charge in [-0.2, -0.15) is 0 Å². The van der Waals surface area contributed by atoms with Crippen LogP contribution in [0.5, 0.6) is 5.75 Å². The summed E-state index contributed by atoms with van der Waals surface area (Å²) < 4.78 is 7.67. The number of aromatic nitrogens is 1. The minimum atomic E-state index is -0.165. The van der Waals surface area contributed by atoms with Gasteiger partial charge >= 0.3 is 0 Å². The maximum Gasteiger partial charge on any atom is 0.267 e. The van der Waals surface area contributed by atoms with E-state index >= 15 is 0 Å². The monoisotopic (exact) mass is 486 g/mol. The lowest BCUT2D eigenvalue weighted by molar-refractivity contribution is -0.120. The van der Waals surface area contributed by atoms with Crippen LogP contribution in [0.2, 0.25) is 5.02 Å². The largest absolute Gasteiger partial charge is 0.484 e. The van der Waals surface area contributed by atoms with Crippen molar-refractivity contribution < 1.29 is 9.53 Å². The highest BCUT2D eigenvalue weighted by molar-refractivity contribution is 9.10. The third-order valence-corrected chi connectivity index (χ3v) is 6.02. The molecule has 29 heavy (non-hydrogen) atoms. The van der Waals surface area contributed by atoms with E-state index in [1.54, 1.807) is 29.2 Å². The van der Waals surface area contributed by atoms with Gasteiger partial charge in [0, 0.05) is 9.50 Å². The summed E-state index contributed by atoms with van der Waals surface area (Å²) in [4.78, 5) is 19.4. The fourth-order valence-corrected chi connectivity index (χ4v) is 4.44. The van der Waals surface area contributed by atoms with Gasteiger partial charge < -0.3 is 4.74 Å². The molecule has 3 aromatic carbocycles. The lowest BCUT2D eigenvalue weighted by Crippen LogP contribution is -2.34. The van der Waals surface area contributed by atoms with Gasteiger partial charge in [0.1, 0.15) is 5.75 Å². The Morgan fingerprint density at radius 3 is 2.59 bits per heavy atom. The minimum Gasteiger partial charge on any atom is -0.484 e. The van der Waals surface area contributed by atoms with Gasteiger partial charge in [-0.3, -0.25) is 9.69 Å². The number of carbonyl (C=O) groups is 1. The lowest BCUT2D eigenvalue weighted by Gasteiger charge is -2.20. The van der Waals surface area contributed by atoms with Crippen molar-refractivity contribution in [2.45, 2.75) is 6.54 Å². The molecule has 0 aliphatic carbocycles. The molecule has 0 aliphatic rings. The zero-order valence-corrected chi connectivity index (χ0v) is 18.4. The van der Waals surface area contributed by atoms with E-state index in [1.165, 1.54) is 11.3 Å². The number of carbonyl (C=O) groups excluding carboxylic acids is 1. The highest BCUT2D eigenvalue weighted by Crippen LogP contribution is 2.32. The van der Waals surface area contributed by atoms with E-state index in [2.05, 4.69) is 20.9 Å². The fourth-order valence-electron chi connectivity index (χ4n) is 2.78. The van der Waals surface area contributed by atoms with Gasteiger partial charge in [-0.15, -0.1) is 0 Å². The number of rotatable bonds is 6. The van der Waals surface area contributed by atoms with Gasteiger partial charge in [-0.1, -0.05) is 69.2 Å². The lowest BCUT2D eigenvalue weighted by atomic mass is 10.2. The van der Waals surface area contributed by atoms with Crippen molar-refractivity contribution in [1.82, 2.24) is 4.98 Å². The van der Waals surface area contributed by atoms with Crippen LogP contribution in [-0.2, 0) is 11.3 Å². The first-order valence-corrected chi connectivity index (χ1v) is 10.9. The second-order valence-corrected chi connectivity index (χ2v) is 8.68. The van der Waals surface area contributed by atoms with E-state index in [9.17, 15) is 4.79 Å². The molecule has 7 heteroatoms. The van der Waals surface area contributed by atoms with Crippen molar-refractivity contribution in [2.75, 3.05) is 11.5 Å². The molecule has 146 valence electrons. The van der Waals surface area contributed by atoms with Crippen molar-refractivity contribution in [3.63, 3.8) is 0 Å². The zero-order chi connectivity index (χ0) is 20.2. The third-order valence-electron chi connectivity index (χ3n) is 4.23. The number of benzene rings is 3. The molecule has 0 bridgehead atoms. The Kier molecular flexibility index (Phi) is 6.13. The van der Waals surface area contributed by atoms with Crippen LogP contribution in [0.15, 0.2) is 77.3 Å². The van der Waals surface area contributed by atoms with Gasteiger partial charge in [0.2, 0.25) is 0 Å². The molecule has 0 unspecified atom stereocenters. The van der Waals surface area contributed by atoms with Gasteiger partial charge in [0.25, 0.3) is 5.91 Å². The van der Waals surface area contributed by atoms with Crippen LogP contribution in [-0.4, -0.2) is 17.5 Å². The highest BCUT2D eigenvalue weighted by atomic mass is 79.9. The molecule has 0 fully saturated rings. The molecular weight excluding hydrogens is 472 g/mol. The maximum atomic E-state index is 13.1. The molecule has 4 nitrogen and oxygen atoms in total. The number of amides is 1. The topological polar surface area (TPSA) is 42.4 Å². The number of hydrogen-bond acceptors (Lipinski definition) is 4. The number of thiazole rings is 1. The quantitative estimate of drug-likeness (QED) is 0.319. The molecule has 0 N–H and O–H groups in total. The Hall–Kier alpha value is -2.41. The summed E-state index contributed by atoms with van der Waals surface area (Å²) in [5.41, 5.74) is 1.88. The molecule has 4 aromatic rings. The molecule has 4 rings (SSSR count). The summed E-state index contributed by atoms with van der Waals surface area (Å²) >= 11 is 10.9. The van der Waals surface area contributed by atoms with Crippen molar-refractivity contribution >= 4 is 60.1 Å². The first-order chi connectivity index (χ1) is 14.1. The van der Waals surface area contributed by atoms with Crippen molar-refractivity contribution in [3.8, 4) is 5.75 Å². The smallest absolute Gasteiger partial charge is 0.267 e. The predicted octanol–water partition coefficient (Wildman–Crippen LogP) is 6.32. The SMILES string of the molecule is O=C(COc1ccc(Cl)cc1)N(Cc1ccccc1)c1nc2ccc(Br)cc2s1. The van der Waals surface area contributed by atoms with Gasteiger partial charge in [0.15, 0.2) is 11.7 Å². The van der Waals surface area contributed by atoms with Gasteiger partial charge in [0.05, 0.1) is 16.8 Å². The van der Waals surface area contributed by atoms with Crippen molar-refractivity contribution in [3.05, 3.63) is 87.9 Å². The molecule has 0 saturated heterocycles. The predicted molar refractivity (Wildman–Crippen MR) is 122 cm³/mol. The fraction of sp³-hybridized carbons (Fsp3) is 0.0909. The summed E-state index contributed by atoms with van der Waals surface area (Å²) in [6.45, 7) is 0.332. The Balaban J connectivity index is 1.59. The summed E-state index contributed by atoms with van der Waals surface area (Å²) in [6.07, 6.45) is 0. The molecule has 0 atom stereocenters. The molecule has 1 heterocycles. The number of halogens is 2. The van der Waals surface area contributed by atoms with Crippen molar-refractivity contribution in [2.24, 2.45) is 0 Å². The Morgan fingerprint density at radius 1 is 1.07 bits per heavy atom. The van der Waals surface area contributed by atoms with Gasteiger partial charge in [-0.05, 0) is 48.0 Å². The summed E-state index contributed by atoms with van der Waals surface area (Å²) in [5.74, 6) is 0.428. The van der Waals surface area contributed by atoms with Crippen LogP contribution in [0.1, 0.15) is 5.56 Å². The third kappa shape index (κ3) is 4.96. The van der Waals surface area contributed by atoms with Crippen LogP contribution in [0.3, 0.4) is 0 Å². The first-order valence-electron chi connectivity index (χ1n) is 8.87. The van der Waals surface area contributed by atoms with E-state index in [0.717, 1.165) is 20.3 Å². The number of anilines is 1. The maximum absolute atomic E-state index is 13.1. The molecule has 1 aromatic heterocycles.